The zero-order valence-corrected chi connectivity index (χ0v) is 11.8. The van der Waals surface area contributed by atoms with Gasteiger partial charge in [-0.15, -0.1) is 11.3 Å². The van der Waals surface area contributed by atoms with Gasteiger partial charge in [-0.25, -0.2) is 9.80 Å². The summed E-state index contributed by atoms with van der Waals surface area (Å²) in [6.45, 7) is 3.46. The van der Waals surface area contributed by atoms with E-state index in [1.165, 1.54) is 7.11 Å². The van der Waals surface area contributed by atoms with E-state index in [2.05, 4.69) is 22.1 Å². The third kappa shape index (κ3) is 3.52. The van der Waals surface area contributed by atoms with Gasteiger partial charge in [0, 0.05) is 26.2 Å². The lowest BCUT2D eigenvalue weighted by molar-refractivity contribution is 0.0606. The Hall–Kier alpha value is -1.44. The van der Waals surface area contributed by atoms with Crippen LogP contribution in [0, 0.1) is 0 Å². The zero-order valence-electron chi connectivity index (χ0n) is 11.0. The number of methoxy groups -OCH3 is 1. The molecule has 2 rings (SSSR count). The van der Waals surface area contributed by atoms with E-state index in [1.807, 2.05) is 5.01 Å². The molecule has 0 spiro atoms. The van der Waals surface area contributed by atoms with Crippen molar-refractivity contribution in [3.8, 4) is 0 Å². The van der Waals surface area contributed by atoms with E-state index in [0.29, 0.717) is 9.75 Å². The minimum atomic E-state index is -0.413. The number of hydrazine groups is 1. The first-order chi connectivity index (χ1) is 9.10. The van der Waals surface area contributed by atoms with Crippen LogP contribution in [0.3, 0.4) is 0 Å². The van der Waals surface area contributed by atoms with Gasteiger partial charge in [0.25, 0.3) is 5.91 Å². The topological polar surface area (TPSA) is 61.9 Å². The van der Waals surface area contributed by atoms with Crippen molar-refractivity contribution in [2.75, 3.05) is 40.3 Å². The van der Waals surface area contributed by atoms with Gasteiger partial charge in [0.2, 0.25) is 0 Å². The molecule has 104 valence electrons. The Bertz CT molecular complexity index is 467. The number of ether oxygens (including phenoxy) is 1. The van der Waals surface area contributed by atoms with Gasteiger partial charge < -0.3 is 9.64 Å². The Morgan fingerprint density at radius 1 is 1.21 bits per heavy atom. The number of carbonyl (C=O) groups excluding carboxylic acids is 2. The summed E-state index contributed by atoms with van der Waals surface area (Å²) in [5.41, 5.74) is 2.85. The normalized spacial score (nSPS) is 17.2. The molecular formula is C12H17N3O3S. The highest BCUT2D eigenvalue weighted by atomic mass is 32.1. The van der Waals surface area contributed by atoms with E-state index < -0.39 is 5.97 Å². The smallest absolute Gasteiger partial charge is 0.348 e. The number of nitrogens with one attached hydrogen (secondary N) is 1. The maximum Gasteiger partial charge on any atom is 0.348 e. The molecule has 0 aromatic carbocycles. The maximum atomic E-state index is 12.0. The van der Waals surface area contributed by atoms with E-state index >= 15 is 0 Å². The quantitative estimate of drug-likeness (QED) is 0.815. The van der Waals surface area contributed by atoms with Crippen LogP contribution in [0.15, 0.2) is 12.1 Å². The molecule has 1 N–H and O–H groups in total. The van der Waals surface area contributed by atoms with Gasteiger partial charge in [0.15, 0.2) is 0 Å². The molecule has 0 saturated carbocycles. The molecule has 0 aliphatic carbocycles. The minimum absolute atomic E-state index is 0.176. The lowest BCUT2D eigenvalue weighted by Crippen LogP contribution is -2.52. The van der Waals surface area contributed by atoms with E-state index in [-0.39, 0.29) is 5.91 Å². The molecule has 1 aromatic heterocycles. The molecule has 0 atom stereocenters. The Morgan fingerprint density at radius 3 is 2.47 bits per heavy atom. The average Bonchev–Trinajstić information content (AvgIpc) is 2.90. The summed E-state index contributed by atoms with van der Waals surface area (Å²) in [7, 11) is 3.38. The van der Waals surface area contributed by atoms with Crippen LogP contribution in [0.25, 0.3) is 0 Å². The van der Waals surface area contributed by atoms with Crippen LogP contribution in [-0.2, 0) is 4.74 Å². The van der Waals surface area contributed by atoms with Crippen molar-refractivity contribution in [1.29, 1.82) is 0 Å². The summed E-state index contributed by atoms with van der Waals surface area (Å²) in [6.07, 6.45) is 0. The highest BCUT2D eigenvalue weighted by Crippen LogP contribution is 2.17. The Morgan fingerprint density at radius 2 is 1.84 bits per heavy atom. The SMILES string of the molecule is COC(=O)c1ccc(C(=O)NN2CCN(C)CC2)s1. The first-order valence-electron chi connectivity index (χ1n) is 6.03. The minimum Gasteiger partial charge on any atom is -0.465 e. The van der Waals surface area contributed by atoms with Crippen molar-refractivity contribution < 1.29 is 14.3 Å². The molecule has 6 nitrogen and oxygen atoms in total. The number of carbonyl (C=O) groups is 2. The zero-order chi connectivity index (χ0) is 13.8. The van der Waals surface area contributed by atoms with E-state index in [1.54, 1.807) is 12.1 Å². The number of likely N-dealkylation sites (N-methyl/N-ethyl adjacent to an activating group) is 1. The average molecular weight is 283 g/mol. The lowest BCUT2D eigenvalue weighted by Gasteiger charge is -2.32. The fourth-order valence-electron chi connectivity index (χ4n) is 1.79. The highest BCUT2D eigenvalue weighted by Gasteiger charge is 2.18. The largest absolute Gasteiger partial charge is 0.465 e. The van der Waals surface area contributed by atoms with Gasteiger partial charge in [0.05, 0.1) is 12.0 Å². The number of thiophene rings is 1. The second-order valence-electron chi connectivity index (χ2n) is 4.39. The second kappa shape index (κ2) is 6.14. The summed E-state index contributed by atoms with van der Waals surface area (Å²) in [5.74, 6) is -0.589. The highest BCUT2D eigenvalue weighted by molar-refractivity contribution is 7.15. The molecule has 1 amide bonds. The van der Waals surface area contributed by atoms with Crippen LogP contribution < -0.4 is 5.43 Å². The number of nitrogens with zero attached hydrogens (tertiary/aromatic N) is 2. The Kier molecular flexibility index (Phi) is 4.52. The first-order valence-corrected chi connectivity index (χ1v) is 6.84. The summed E-state index contributed by atoms with van der Waals surface area (Å²) in [5, 5.41) is 1.90. The van der Waals surface area contributed by atoms with Gasteiger partial charge in [-0.05, 0) is 19.2 Å². The van der Waals surface area contributed by atoms with Crippen molar-refractivity contribution in [2.24, 2.45) is 0 Å². The number of hydrogen-bond acceptors (Lipinski definition) is 6. The Labute approximate surface area is 115 Å². The predicted octanol–water partition coefficient (Wildman–Crippen LogP) is 0.427. The first kappa shape index (κ1) is 14.0. The van der Waals surface area contributed by atoms with E-state index in [9.17, 15) is 9.59 Å². The lowest BCUT2D eigenvalue weighted by atomic mass is 10.4. The van der Waals surface area contributed by atoms with Gasteiger partial charge in [-0.1, -0.05) is 0 Å². The third-order valence-corrected chi connectivity index (χ3v) is 4.04. The number of esters is 1. The van der Waals surface area contributed by atoms with E-state index in [4.69, 9.17) is 0 Å². The molecule has 19 heavy (non-hydrogen) atoms. The molecule has 7 heteroatoms. The van der Waals surface area contributed by atoms with Crippen molar-refractivity contribution >= 4 is 23.2 Å². The third-order valence-electron chi connectivity index (χ3n) is 2.98. The fraction of sp³-hybridized carbons (Fsp3) is 0.500. The van der Waals surface area contributed by atoms with Gasteiger partial charge in [-0.2, -0.15) is 0 Å². The molecule has 2 heterocycles. The molecular weight excluding hydrogens is 266 g/mol. The molecule has 0 unspecified atom stereocenters. The van der Waals surface area contributed by atoms with Gasteiger partial charge >= 0.3 is 5.97 Å². The van der Waals surface area contributed by atoms with Crippen LogP contribution in [0.2, 0.25) is 0 Å². The van der Waals surface area contributed by atoms with Crippen molar-refractivity contribution in [2.45, 2.75) is 0 Å². The number of amides is 1. The van der Waals surface area contributed by atoms with Gasteiger partial charge in [0.1, 0.15) is 4.88 Å². The molecule has 0 bridgehead atoms. The summed E-state index contributed by atoms with van der Waals surface area (Å²) < 4.78 is 4.61. The van der Waals surface area contributed by atoms with Crippen LogP contribution in [0.5, 0.6) is 0 Å². The molecule has 1 fully saturated rings. The van der Waals surface area contributed by atoms with Crippen LogP contribution in [-0.4, -0.2) is 62.1 Å². The molecule has 1 aliphatic heterocycles. The molecule has 1 saturated heterocycles. The number of rotatable bonds is 3. The molecule has 0 radical (unpaired) electrons. The van der Waals surface area contributed by atoms with Crippen molar-refractivity contribution in [1.82, 2.24) is 15.3 Å². The summed E-state index contributed by atoms with van der Waals surface area (Å²) in [4.78, 5) is 26.5. The van der Waals surface area contributed by atoms with Gasteiger partial charge in [-0.3, -0.25) is 10.2 Å². The second-order valence-corrected chi connectivity index (χ2v) is 5.47. The summed E-state index contributed by atoms with van der Waals surface area (Å²) >= 11 is 1.14. The Balaban J connectivity index is 1.93. The number of piperazine rings is 1. The van der Waals surface area contributed by atoms with E-state index in [0.717, 1.165) is 37.5 Å². The maximum absolute atomic E-state index is 12.0. The van der Waals surface area contributed by atoms with Crippen molar-refractivity contribution in [3.05, 3.63) is 21.9 Å². The number of hydrogen-bond donors (Lipinski definition) is 1. The van der Waals surface area contributed by atoms with Crippen LogP contribution >= 0.6 is 11.3 Å². The predicted molar refractivity (Wildman–Crippen MR) is 72.2 cm³/mol. The fourth-order valence-corrected chi connectivity index (χ4v) is 2.60. The monoisotopic (exact) mass is 283 g/mol. The molecule has 1 aliphatic rings. The van der Waals surface area contributed by atoms with Crippen LogP contribution in [0.4, 0.5) is 0 Å². The molecule has 1 aromatic rings. The summed E-state index contributed by atoms with van der Waals surface area (Å²) in [6, 6.07) is 3.25. The van der Waals surface area contributed by atoms with Crippen molar-refractivity contribution in [3.63, 3.8) is 0 Å². The standard InChI is InChI=1S/C12H17N3O3S/c1-14-5-7-15(8-6-14)13-11(16)9-3-4-10(19-9)12(17)18-2/h3-4H,5-8H2,1-2H3,(H,13,16). The van der Waals surface area contributed by atoms with Crippen LogP contribution in [0.1, 0.15) is 19.3 Å².